The van der Waals surface area contributed by atoms with E-state index in [1.165, 1.54) is 12.3 Å². The maximum Gasteiger partial charge on any atom is 0.161 e. The standard InChI is InChI=1S/C16H19FN2O2/c1-4-19-16(12-7-13(17)10-18-9-12)11-5-6-14(20-2)15(8-11)21-3/h5-10,16,19H,4H2,1-3H3. The molecule has 0 aliphatic rings. The Hall–Kier alpha value is -2.14. The van der Waals surface area contributed by atoms with Crippen molar-refractivity contribution in [1.82, 2.24) is 10.3 Å². The number of pyridine rings is 1. The van der Waals surface area contributed by atoms with E-state index < -0.39 is 0 Å². The van der Waals surface area contributed by atoms with Gasteiger partial charge in [-0.15, -0.1) is 0 Å². The van der Waals surface area contributed by atoms with Crippen LogP contribution in [0.4, 0.5) is 4.39 Å². The molecule has 4 nitrogen and oxygen atoms in total. The molecule has 1 N–H and O–H groups in total. The summed E-state index contributed by atoms with van der Waals surface area (Å²) in [5.41, 5.74) is 1.73. The Labute approximate surface area is 123 Å². The summed E-state index contributed by atoms with van der Waals surface area (Å²) in [6.45, 7) is 2.75. The van der Waals surface area contributed by atoms with Crippen LogP contribution in [0.25, 0.3) is 0 Å². The highest BCUT2D eigenvalue weighted by Gasteiger charge is 2.16. The molecule has 0 radical (unpaired) electrons. The summed E-state index contributed by atoms with van der Waals surface area (Å²) in [5.74, 6) is 0.951. The fraction of sp³-hybridized carbons (Fsp3) is 0.312. The molecule has 5 heteroatoms. The molecule has 0 saturated heterocycles. The summed E-state index contributed by atoms with van der Waals surface area (Å²) >= 11 is 0. The average Bonchev–Trinajstić information content (AvgIpc) is 2.52. The van der Waals surface area contributed by atoms with Gasteiger partial charge in [-0.2, -0.15) is 0 Å². The van der Waals surface area contributed by atoms with Gasteiger partial charge in [-0.1, -0.05) is 13.0 Å². The molecule has 0 aliphatic carbocycles. The molecule has 0 bridgehead atoms. The topological polar surface area (TPSA) is 43.4 Å². The third kappa shape index (κ3) is 3.49. The minimum atomic E-state index is -0.351. The van der Waals surface area contributed by atoms with Gasteiger partial charge in [-0.05, 0) is 35.9 Å². The number of methoxy groups -OCH3 is 2. The van der Waals surface area contributed by atoms with Crippen molar-refractivity contribution in [3.8, 4) is 11.5 Å². The number of nitrogens with one attached hydrogen (secondary N) is 1. The number of halogens is 1. The number of ether oxygens (including phenoxy) is 2. The molecular formula is C16H19FN2O2. The van der Waals surface area contributed by atoms with Gasteiger partial charge in [-0.25, -0.2) is 4.39 Å². The second-order valence-corrected chi connectivity index (χ2v) is 4.54. The molecule has 2 aromatic rings. The van der Waals surface area contributed by atoms with Gasteiger partial charge in [-0.3, -0.25) is 4.98 Å². The van der Waals surface area contributed by atoms with Crippen LogP contribution in [0.5, 0.6) is 11.5 Å². The first-order valence-electron chi connectivity index (χ1n) is 6.75. The summed E-state index contributed by atoms with van der Waals surface area (Å²) in [7, 11) is 3.18. The molecule has 0 amide bonds. The van der Waals surface area contributed by atoms with Gasteiger partial charge in [0.25, 0.3) is 0 Å². The smallest absolute Gasteiger partial charge is 0.161 e. The highest BCUT2D eigenvalue weighted by molar-refractivity contribution is 5.45. The SMILES string of the molecule is CCNC(c1cncc(F)c1)c1ccc(OC)c(OC)c1. The second-order valence-electron chi connectivity index (χ2n) is 4.54. The van der Waals surface area contributed by atoms with Gasteiger partial charge >= 0.3 is 0 Å². The van der Waals surface area contributed by atoms with Gasteiger partial charge < -0.3 is 14.8 Å². The van der Waals surface area contributed by atoms with E-state index in [9.17, 15) is 4.39 Å². The molecule has 21 heavy (non-hydrogen) atoms. The number of benzene rings is 1. The Kier molecular flexibility index (Phi) is 5.11. The highest BCUT2D eigenvalue weighted by Crippen LogP contribution is 2.32. The lowest BCUT2D eigenvalue weighted by Crippen LogP contribution is -2.22. The lowest BCUT2D eigenvalue weighted by molar-refractivity contribution is 0.354. The van der Waals surface area contributed by atoms with Gasteiger partial charge in [0.05, 0.1) is 26.5 Å². The highest BCUT2D eigenvalue weighted by atomic mass is 19.1. The van der Waals surface area contributed by atoms with Gasteiger partial charge in [0, 0.05) is 6.20 Å². The summed E-state index contributed by atoms with van der Waals surface area (Å²) in [6, 6.07) is 6.98. The molecule has 1 aromatic carbocycles. The largest absolute Gasteiger partial charge is 0.493 e. The molecule has 0 aliphatic heterocycles. The van der Waals surface area contributed by atoms with Gasteiger partial charge in [0.2, 0.25) is 0 Å². The minimum absolute atomic E-state index is 0.155. The van der Waals surface area contributed by atoms with E-state index in [1.807, 2.05) is 25.1 Å². The third-order valence-corrected chi connectivity index (χ3v) is 3.21. The lowest BCUT2D eigenvalue weighted by atomic mass is 9.99. The number of nitrogens with zero attached hydrogens (tertiary/aromatic N) is 1. The summed E-state index contributed by atoms with van der Waals surface area (Å²) < 4.78 is 24.0. The summed E-state index contributed by atoms with van der Waals surface area (Å²) in [4.78, 5) is 3.92. The first kappa shape index (κ1) is 15.3. The molecule has 0 spiro atoms. The maximum atomic E-state index is 13.4. The molecule has 112 valence electrons. The van der Waals surface area contributed by atoms with Crippen LogP contribution >= 0.6 is 0 Å². The Morgan fingerprint density at radius 3 is 2.48 bits per heavy atom. The van der Waals surface area contributed by atoms with Crippen LogP contribution in [0.15, 0.2) is 36.7 Å². The summed E-state index contributed by atoms with van der Waals surface area (Å²) in [5, 5.41) is 3.33. The monoisotopic (exact) mass is 290 g/mol. The van der Waals surface area contributed by atoms with Crippen LogP contribution < -0.4 is 14.8 Å². The van der Waals surface area contributed by atoms with E-state index in [-0.39, 0.29) is 11.9 Å². The van der Waals surface area contributed by atoms with Crippen molar-refractivity contribution in [2.45, 2.75) is 13.0 Å². The minimum Gasteiger partial charge on any atom is -0.493 e. The van der Waals surface area contributed by atoms with Crippen LogP contribution in [-0.4, -0.2) is 25.7 Å². The second kappa shape index (κ2) is 7.04. The van der Waals surface area contributed by atoms with Crippen molar-refractivity contribution in [3.63, 3.8) is 0 Å². The predicted octanol–water partition coefficient (Wildman–Crippen LogP) is 2.94. The Morgan fingerprint density at radius 2 is 1.86 bits per heavy atom. The van der Waals surface area contributed by atoms with Crippen molar-refractivity contribution < 1.29 is 13.9 Å². The first-order chi connectivity index (χ1) is 10.2. The molecule has 0 saturated carbocycles. The van der Waals surface area contributed by atoms with Crippen molar-refractivity contribution in [2.24, 2.45) is 0 Å². The predicted molar refractivity (Wildman–Crippen MR) is 79.3 cm³/mol. The van der Waals surface area contributed by atoms with E-state index in [2.05, 4.69) is 10.3 Å². The number of aromatic nitrogens is 1. The number of hydrogen-bond acceptors (Lipinski definition) is 4. The van der Waals surface area contributed by atoms with E-state index in [1.54, 1.807) is 20.4 Å². The Balaban J connectivity index is 2.43. The van der Waals surface area contributed by atoms with Crippen molar-refractivity contribution in [2.75, 3.05) is 20.8 Å². The van der Waals surface area contributed by atoms with E-state index in [0.29, 0.717) is 11.5 Å². The molecule has 1 unspecified atom stereocenters. The lowest BCUT2D eigenvalue weighted by Gasteiger charge is -2.20. The summed E-state index contributed by atoms with van der Waals surface area (Å²) in [6.07, 6.45) is 2.86. The van der Waals surface area contributed by atoms with Crippen molar-refractivity contribution >= 4 is 0 Å². The zero-order valence-electron chi connectivity index (χ0n) is 12.4. The molecule has 1 aromatic heterocycles. The zero-order chi connectivity index (χ0) is 15.2. The molecule has 0 fully saturated rings. The Morgan fingerprint density at radius 1 is 1.10 bits per heavy atom. The van der Waals surface area contributed by atoms with E-state index in [0.717, 1.165) is 17.7 Å². The fourth-order valence-corrected chi connectivity index (χ4v) is 2.25. The fourth-order valence-electron chi connectivity index (χ4n) is 2.25. The van der Waals surface area contributed by atoms with Crippen LogP contribution in [0.2, 0.25) is 0 Å². The van der Waals surface area contributed by atoms with E-state index >= 15 is 0 Å². The molecule has 2 rings (SSSR count). The van der Waals surface area contributed by atoms with Crippen molar-refractivity contribution in [1.29, 1.82) is 0 Å². The van der Waals surface area contributed by atoms with Gasteiger partial charge in [0.1, 0.15) is 5.82 Å². The maximum absolute atomic E-state index is 13.4. The quantitative estimate of drug-likeness (QED) is 0.888. The van der Waals surface area contributed by atoms with Crippen LogP contribution in [0.3, 0.4) is 0 Å². The van der Waals surface area contributed by atoms with Crippen LogP contribution in [-0.2, 0) is 0 Å². The van der Waals surface area contributed by atoms with Gasteiger partial charge in [0.15, 0.2) is 11.5 Å². The zero-order valence-corrected chi connectivity index (χ0v) is 12.4. The Bertz CT molecular complexity index is 605. The third-order valence-electron chi connectivity index (χ3n) is 3.21. The van der Waals surface area contributed by atoms with Crippen LogP contribution in [0.1, 0.15) is 24.1 Å². The average molecular weight is 290 g/mol. The van der Waals surface area contributed by atoms with Crippen LogP contribution in [0, 0.1) is 5.82 Å². The first-order valence-corrected chi connectivity index (χ1v) is 6.75. The number of hydrogen-bond donors (Lipinski definition) is 1. The van der Waals surface area contributed by atoms with Crippen molar-refractivity contribution in [3.05, 3.63) is 53.6 Å². The molecular weight excluding hydrogens is 271 g/mol. The van der Waals surface area contributed by atoms with E-state index in [4.69, 9.17) is 9.47 Å². The molecule has 1 heterocycles. The molecule has 1 atom stereocenters. The number of rotatable bonds is 6. The normalized spacial score (nSPS) is 12.0.